The van der Waals surface area contributed by atoms with Crippen molar-refractivity contribution in [3.8, 4) is 34.5 Å². The third-order valence-electron chi connectivity index (χ3n) is 6.31. The minimum Gasteiger partial charge on any atom is -0.497 e. The third kappa shape index (κ3) is 5.72. The molecular weight excluding hydrogens is 502 g/mol. The molecule has 5 heteroatoms. The maximum atomic E-state index is 13.7. The molecule has 0 saturated heterocycles. The molecule has 0 aliphatic heterocycles. The molecule has 0 aliphatic rings. The van der Waals surface area contributed by atoms with Crippen LogP contribution in [0.15, 0.2) is 131 Å². The van der Waals surface area contributed by atoms with Crippen LogP contribution in [0.25, 0.3) is 23.0 Å². The van der Waals surface area contributed by atoms with Crippen LogP contribution in [0.5, 0.6) is 5.75 Å². The van der Waals surface area contributed by atoms with Crippen molar-refractivity contribution in [2.75, 3.05) is 7.11 Å². The molecule has 0 N–H and O–H groups in total. The van der Waals surface area contributed by atoms with E-state index in [0.717, 1.165) is 33.8 Å². The Bertz CT molecular complexity index is 1770. The first kappa shape index (κ1) is 25.8. The Hall–Kier alpha value is -4.79. The van der Waals surface area contributed by atoms with Crippen LogP contribution in [-0.4, -0.2) is 20.1 Å². The molecule has 0 unspecified atom stereocenters. The predicted molar refractivity (Wildman–Crippen MR) is 157 cm³/mol. The zero-order chi connectivity index (χ0) is 27.2. The molecule has 0 amide bonds. The van der Waals surface area contributed by atoms with E-state index in [4.69, 9.17) is 4.74 Å². The topological polar surface area (TPSA) is 48.3 Å². The van der Waals surface area contributed by atoms with Crippen LogP contribution in [0.4, 0.5) is 0 Å². The number of hydrogen-bond donors (Lipinski definition) is 0. The summed E-state index contributed by atoms with van der Waals surface area (Å²) in [4.78, 5) is 0.237. The quantitative estimate of drug-likeness (QED) is 0.216. The number of hydrogen-bond acceptors (Lipinski definition) is 3. The highest BCUT2D eigenvalue weighted by atomic mass is 32.2. The fraction of sp³-hybridized carbons (Fsp3) is 0.0588. The zero-order valence-electron chi connectivity index (χ0n) is 21.7. The van der Waals surface area contributed by atoms with Gasteiger partial charge >= 0.3 is 0 Å². The summed E-state index contributed by atoms with van der Waals surface area (Å²) in [5.41, 5.74) is 5.26. The average molecular weight is 530 g/mol. The van der Waals surface area contributed by atoms with Crippen LogP contribution in [0.1, 0.15) is 16.8 Å². The van der Waals surface area contributed by atoms with E-state index in [2.05, 4.69) is 11.8 Å². The SMILES string of the molecule is COc1ccc(-n2c(C#C/C(=C/c3ccccc3)S(=O)(=O)c3ccc(C)cc3)ccc2-c2ccccc2)cc1. The average Bonchev–Trinajstić information content (AvgIpc) is 3.40. The van der Waals surface area contributed by atoms with Gasteiger partial charge in [-0.2, -0.15) is 0 Å². The molecule has 4 nitrogen and oxygen atoms in total. The lowest BCUT2D eigenvalue weighted by Gasteiger charge is -2.12. The molecule has 0 radical (unpaired) electrons. The maximum Gasteiger partial charge on any atom is 0.214 e. The molecule has 0 spiro atoms. The Morgan fingerprint density at radius 1 is 0.769 bits per heavy atom. The number of allylic oxidation sites excluding steroid dienone is 1. The normalized spacial score (nSPS) is 11.5. The fourth-order valence-corrected chi connectivity index (χ4v) is 5.45. The lowest BCUT2D eigenvalue weighted by atomic mass is 10.1. The molecule has 0 aliphatic carbocycles. The van der Waals surface area contributed by atoms with Gasteiger partial charge in [0.1, 0.15) is 10.7 Å². The number of aryl methyl sites for hydroxylation is 1. The van der Waals surface area contributed by atoms with E-state index in [0.29, 0.717) is 5.69 Å². The Labute approximate surface area is 229 Å². The molecule has 5 rings (SSSR count). The summed E-state index contributed by atoms with van der Waals surface area (Å²) in [6, 6.07) is 37.8. The van der Waals surface area contributed by atoms with E-state index in [1.165, 1.54) is 0 Å². The van der Waals surface area contributed by atoms with Crippen molar-refractivity contribution in [2.45, 2.75) is 11.8 Å². The van der Waals surface area contributed by atoms with Gasteiger partial charge in [0.2, 0.25) is 9.84 Å². The van der Waals surface area contributed by atoms with Crippen LogP contribution < -0.4 is 4.74 Å². The number of ether oxygens (including phenoxy) is 1. The Kier molecular flexibility index (Phi) is 7.49. The maximum absolute atomic E-state index is 13.7. The molecule has 1 heterocycles. The van der Waals surface area contributed by atoms with Crippen LogP contribution in [0.2, 0.25) is 0 Å². The highest BCUT2D eigenvalue weighted by Crippen LogP contribution is 2.28. The Balaban J connectivity index is 1.67. The van der Waals surface area contributed by atoms with Crippen molar-refractivity contribution in [1.82, 2.24) is 4.57 Å². The van der Waals surface area contributed by atoms with Crippen molar-refractivity contribution >= 4 is 15.9 Å². The minimum absolute atomic E-state index is 0.0290. The van der Waals surface area contributed by atoms with E-state index in [1.807, 2.05) is 109 Å². The summed E-state index contributed by atoms with van der Waals surface area (Å²) < 4.78 is 34.8. The van der Waals surface area contributed by atoms with E-state index in [9.17, 15) is 8.42 Å². The van der Waals surface area contributed by atoms with Gasteiger partial charge in [-0.1, -0.05) is 78.4 Å². The molecule has 192 valence electrons. The Morgan fingerprint density at radius 2 is 1.41 bits per heavy atom. The van der Waals surface area contributed by atoms with Gasteiger partial charge in [0, 0.05) is 5.69 Å². The molecule has 0 bridgehead atoms. The number of benzene rings is 4. The lowest BCUT2D eigenvalue weighted by molar-refractivity contribution is 0.415. The van der Waals surface area contributed by atoms with Crippen molar-refractivity contribution in [3.05, 3.63) is 143 Å². The van der Waals surface area contributed by atoms with Crippen molar-refractivity contribution < 1.29 is 13.2 Å². The molecule has 0 saturated carbocycles. The smallest absolute Gasteiger partial charge is 0.214 e. The lowest BCUT2D eigenvalue weighted by Crippen LogP contribution is -2.04. The molecular formula is C34H27NO3S. The van der Waals surface area contributed by atoms with Crippen LogP contribution in [-0.2, 0) is 9.84 Å². The molecule has 5 aromatic rings. The van der Waals surface area contributed by atoms with E-state index in [-0.39, 0.29) is 9.80 Å². The van der Waals surface area contributed by atoms with E-state index in [1.54, 1.807) is 37.5 Å². The van der Waals surface area contributed by atoms with E-state index < -0.39 is 9.84 Å². The van der Waals surface area contributed by atoms with E-state index >= 15 is 0 Å². The van der Waals surface area contributed by atoms with Crippen molar-refractivity contribution in [3.63, 3.8) is 0 Å². The minimum atomic E-state index is -3.86. The van der Waals surface area contributed by atoms with Crippen LogP contribution >= 0.6 is 0 Å². The van der Waals surface area contributed by atoms with Crippen LogP contribution in [0.3, 0.4) is 0 Å². The molecule has 0 fully saturated rings. The highest BCUT2D eigenvalue weighted by Gasteiger charge is 2.20. The summed E-state index contributed by atoms with van der Waals surface area (Å²) >= 11 is 0. The fourth-order valence-electron chi connectivity index (χ4n) is 4.23. The largest absolute Gasteiger partial charge is 0.497 e. The highest BCUT2D eigenvalue weighted by molar-refractivity contribution is 7.95. The zero-order valence-corrected chi connectivity index (χ0v) is 22.5. The number of methoxy groups -OCH3 is 1. The first-order valence-electron chi connectivity index (χ1n) is 12.5. The second-order valence-corrected chi connectivity index (χ2v) is 10.9. The predicted octanol–water partition coefficient (Wildman–Crippen LogP) is 7.33. The first-order chi connectivity index (χ1) is 19.0. The third-order valence-corrected chi connectivity index (χ3v) is 8.00. The molecule has 39 heavy (non-hydrogen) atoms. The number of rotatable bonds is 6. The molecule has 4 aromatic carbocycles. The van der Waals surface area contributed by atoms with Gasteiger partial charge in [0.25, 0.3) is 0 Å². The van der Waals surface area contributed by atoms with Gasteiger partial charge in [0.15, 0.2) is 0 Å². The van der Waals surface area contributed by atoms with Crippen LogP contribution in [0, 0.1) is 18.8 Å². The first-order valence-corrected chi connectivity index (χ1v) is 14.0. The van der Waals surface area contributed by atoms with Gasteiger partial charge in [-0.05, 0) is 84.5 Å². The summed E-state index contributed by atoms with van der Waals surface area (Å²) in [6.07, 6.45) is 1.63. The number of nitrogens with zero attached hydrogens (tertiary/aromatic N) is 1. The summed E-state index contributed by atoms with van der Waals surface area (Å²) in [7, 11) is -2.23. The van der Waals surface area contributed by atoms with Crippen molar-refractivity contribution in [2.24, 2.45) is 0 Å². The molecule has 0 atom stereocenters. The number of aromatic nitrogens is 1. The number of sulfone groups is 1. The molecule has 1 aromatic heterocycles. The summed E-state index contributed by atoms with van der Waals surface area (Å²) in [5, 5.41) is 0. The second kappa shape index (κ2) is 11.3. The van der Waals surface area contributed by atoms with Gasteiger partial charge < -0.3 is 9.30 Å². The van der Waals surface area contributed by atoms with Gasteiger partial charge in [-0.15, -0.1) is 0 Å². The summed E-state index contributed by atoms with van der Waals surface area (Å²) in [6.45, 7) is 1.93. The van der Waals surface area contributed by atoms with Gasteiger partial charge in [-0.25, -0.2) is 8.42 Å². The van der Waals surface area contributed by atoms with Gasteiger partial charge in [0.05, 0.1) is 23.4 Å². The summed E-state index contributed by atoms with van der Waals surface area (Å²) in [5.74, 6) is 6.93. The standard InChI is InChI=1S/C34H27NO3S/c1-26-13-21-32(22-14-26)39(36,37)33(25-27-9-5-3-6-10-27)23-17-30-18-24-34(28-11-7-4-8-12-28)35(30)29-15-19-31(38-2)20-16-29/h3-16,18-22,24-25H,1-2H3/b33-25-. The van der Waals surface area contributed by atoms with Gasteiger partial charge in [-0.3, -0.25) is 0 Å². The van der Waals surface area contributed by atoms with Crippen molar-refractivity contribution in [1.29, 1.82) is 0 Å². The Morgan fingerprint density at radius 3 is 2.05 bits per heavy atom. The monoisotopic (exact) mass is 529 g/mol. The second-order valence-electron chi connectivity index (χ2n) is 8.99.